The number of carbonyl (C=O) groups excluding carboxylic acids is 1. The summed E-state index contributed by atoms with van der Waals surface area (Å²) in [4.78, 5) is 17.2. The van der Waals surface area contributed by atoms with Gasteiger partial charge in [-0.15, -0.1) is 11.3 Å². The first-order chi connectivity index (χ1) is 9.74. The van der Waals surface area contributed by atoms with Gasteiger partial charge in [0.2, 0.25) is 5.91 Å². The molecule has 1 amide bonds. The maximum atomic E-state index is 11.9. The highest BCUT2D eigenvalue weighted by Crippen LogP contribution is 2.12. The van der Waals surface area contributed by atoms with Crippen molar-refractivity contribution in [3.05, 3.63) is 35.2 Å². The van der Waals surface area contributed by atoms with Crippen molar-refractivity contribution in [2.24, 2.45) is 0 Å². The van der Waals surface area contributed by atoms with Gasteiger partial charge < -0.3 is 5.32 Å². The molecule has 6 nitrogen and oxygen atoms in total. The Morgan fingerprint density at radius 1 is 1.55 bits per heavy atom. The number of fused-ring (bicyclic) bond motifs is 1. The van der Waals surface area contributed by atoms with E-state index in [4.69, 9.17) is 0 Å². The minimum absolute atomic E-state index is 0.106. The lowest BCUT2D eigenvalue weighted by atomic mass is 10.2. The third-order valence-corrected chi connectivity index (χ3v) is 3.67. The Kier molecular flexibility index (Phi) is 3.51. The Morgan fingerprint density at radius 3 is 3.25 bits per heavy atom. The van der Waals surface area contributed by atoms with Gasteiger partial charge in [0, 0.05) is 29.5 Å². The number of hydrogen-bond donors (Lipinski definition) is 2. The molecule has 0 unspecified atom stereocenters. The number of aromatic nitrogens is 4. The molecular weight excluding hydrogens is 274 g/mol. The molecule has 0 atom stereocenters. The van der Waals surface area contributed by atoms with E-state index in [0.717, 1.165) is 29.2 Å². The average molecular weight is 289 g/mol. The number of imidazole rings is 1. The van der Waals surface area contributed by atoms with Crippen LogP contribution in [0.2, 0.25) is 0 Å². The number of amides is 1. The lowest BCUT2D eigenvalue weighted by molar-refractivity contribution is -0.115. The van der Waals surface area contributed by atoms with Crippen LogP contribution in [0.1, 0.15) is 24.7 Å². The van der Waals surface area contributed by atoms with Gasteiger partial charge in [0.15, 0.2) is 10.8 Å². The zero-order valence-electron chi connectivity index (χ0n) is 11.1. The molecule has 0 aliphatic rings. The van der Waals surface area contributed by atoms with Crippen molar-refractivity contribution in [2.45, 2.75) is 26.2 Å². The molecule has 3 aromatic rings. The molecule has 3 rings (SSSR count). The van der Waals surface area contributed by atoms with Gasteiger partial charge in [-0.25, -0.2) is 4.98 Å². The van der Waals surface area contributed by atoms with Gasteiger partial charge in [0.25, 0.3) is 0 Å². The fourth-order valence-corrected chi connectivity index (χ4v) is 2.75. The van der Waals surface area contributed by atoms with Crippen LogP contribution in [-0.2, 0) is 17.6 Å². The molecule has 0 aromatic carbocycles. The third-order valence-electron chi connectivity index (χ3n) is 2.90. The van der Waals surface area contributed by atoms with Crippen LogP contribution in [0.15, 0.2) is 23.8 Å². The van der Waals surface area contributed by atoms with Gasteiger partial charge in [-0.05, 0) is 6.42 Å². The van der Waals surface area contributed by atoms with E-state index in [1.165, 1.54) is 0 Å². The zero-order chi connectivity index (χ0) is 13.9. The van der Waals surface area contributed by atoms with E-state index in [9.17, 15) is 4.79 Å². The third kappa shape index (κ3) is 2.72. The molecule has 2 N–H and O–H groups in total. The van der Waals surface area contributed by atoms with Crippen LogP contribution in [0.5, 0.6) is 0 Å². The molecule has 3 aromatic heterocycles. The van der Waals surface area contributed by atoms with E-state index in [1.54, 1.807) is 11.3 Å². The van der Waals surface area contributed by atoms with Crippen molar-refractivity contribution in [2.75, 3.05) is 5.32 Å². The summed E-state index contributed by atoms with van der Waals surface area (Å²) >= 11 is 1.55. The molecular formula is C13H15N5OS. The van der Waals surface area contributed by atoms with Gasteiger partial charge in [0.05, 0.1) is 12.1 Å². The van der Waals surface area contributed by atoms with Crippen molar-refractivity contribution < 1.29 is 4.79 Å². The quantitative estimate of drug-likeness (QED) is 0.756. The number of thiazole rings is 1. The highest BCUT2D eigenvalue weighted by atomic mass is 32.1. The molecule has 3 heterocycles. The van der Waals surface area contributed by atoms with E-state index < -0.39 is 0 Å². The number of nitrogens with zero attached hydrogens (tertiary/aromatic N) is 3. The van der Waals surface area contributed by atoms with Crippen LogP contribution in [0.3, 0.4) is 0 Å². The Bertz CT molecular complexity index is 697. The molecule has 0 radical (unpaired) electrons. The van der Waals surface area contributed by atoms with Crippen LogP contribution in [0.4, 0.5) is 5.82 Å². The fourth-order valence-electron chi connectivity index (χ4n) is 2.04. The number of H-pyrrole nitrogens is 1. The highest BCUT2D eigenvalue weighted by Gasteiger charge is 2.10. The number of nitrogens with one attached hydrogen (secondary N) is 2. The van der Waals surface area contributed by atoms with Crippen molar-refractivity contribution in [3.8, 4) is 0 Å². The molecule has 0 spiro atoms. The second-order valence-corrected chi connectivity index (χ2v) is 5.45. The molecule has 7 heteroatoms. The van der Waals surface area contributed by atoms with E-state index >= 15 is 0 Å². The minimum Gasteiger partial charge on any atom is -0.309 e. The monoisotopic (exact) mass is 289 g/mol. The largest absolute Gasteiger partial charge is 0.309 e. The van der Waals surface area contributed by atoms with Gasteiger partial charge in [-0.2, -0.15) is 5.10 Å². The number of hydrogen-bond acceptors (Lipinski definition) is 4. The minimum atomic E-state index is -0.106. The topological polar surface area (TPSA) is 75.1 Å². The Labute approximate surface area is 119 Å². The second kappa shape index (κ2) is 5.46. The number of aromatic amines is 1. The van der Waals surface area contributed by atoms with E-state index in [-0.39, 0.29) is 12.3 Å². The number of rotatable bonds is 5. The average Bonchev–Trinajstić information content (AvgIpc) is 3.05. The van der Waals surface area contributed by atoms with Gasteiger partial charge in [-0.1, -0.05) is 13.3 Å². The van der Waals surface area contributed by atoms with Crippen LogP contribution in [0.25, 0.3) is 4.96 Å². The summed E-state index contributed by atoms with van der Waals surface area (Å²) in [6.45, 7) is 2.10. The number of aryl methyl sites for hydroxylation is 1. The molecule has 104 valence electrons. The first kappa shape index (κ1) is 12.9. The standard InChI is InChI=1S/C13H15N5OS/c1-2-3-9-6-11(17-16-9)15-12(19)7-10-8-18-4-5-20-13(18)14-10/h4-6,8H,2-3,7H2,1H3,(H2,15,16,17,19). The number of anilines is 1. The van der Waals surface area contributed by atoms with Gasteiger partial charge in [0.1, 0.15) is 0 Å². The molecule has 0 saturated carbocycles. The second-order valence-electron chi connectivity index (χ2n) is 4.58. The summed E-state index contributed by atoms with van der Waals surface area (Å²) in [5, 5.41) is 11.7. The summed E-state index contributed by atoms with van der Waals surface area (Å²) < 4.78 is 1.92. The Morgan fingerprint density at radius 2 is 2.45 bits per heavy atom. The zero-order valence-corrected chi connectivity index (χ0v) is 11.9. The molecule has 0 saturated heterocycles. The van der Waals surface area contributed by atoms with Gasteiger partial charge in [-0.3, -0.25) is 14.3 Å². The first-order valence-corrected chi connectivity index (χ1v) is 7.38. The molecule has 20 heavy (non-hydrogen) atoms. The molecule has 0 fully saturated rings. The van der Waals surface area contributed by atoms with E-state index in [1.807, 2.05) is 28.2 Å². The summed E-state index contributed by atoms with van der Waals surface area (Å²) in [6, 6.07) is 1.87. The van der Waals surface area contributed by atoms with Crippen LogP contribution in [-0.4, -0.2) is 25.5 Å². The SMILES string of the molecule is CCCc1cc(NC(=O)Cc2cn3ccsc3n2)n[nH]1. The maximum absolute atomic E-state index is 11.9. The normalized spacial score (nSPS) is 11.1. The Balaban J connectivity index is 1.62. The summed E-state index contributed by atoms with van der Waals surface area (Å²) in [5.41, 5.74) is 1.80. The van der Waals surface area contributed by atoms with Crippen LogP contribution in [0, 0.1) is 0 Å². The van der Waals surface area contributed by atoms with Crippen LogP contribution < -0.4 is 5.32 Å². The van der Waals surface area contributed by atoms with Crippen molar-refractivity contribution >= 4 is 28.0 Å². The predicted octanol–water partition coefficient (Wildman–Crippen LogP) is 2.25. The van der Waals surface area contributed by atoms with Crippen molar-refractivity contribution in [1.29, 1.82) is 0 Å². The first-order valence-electron chi connectivity index (χ1n) is 6.50. The van der Waals surface area contributed by atoms with Gasteiger partial charge >= 0.3 is 0 Å². The van der Waals surface area contributed by atoms with Crippen molar-refractivity contribution in [3.63, 3.8) is 0 Å². The fraction of sp³-hybridized carbons (Fsp3) is 0.308. The Hall–Kier alpha value is -2.15. The maximum Gasteiger partial charge on any atom is 0.231 e. The molecule has 0 bridgehead atoms. The predicted molar refractivity (Wildman–Crippen MR) is 78.0 cm³/mol. The number of carbonyl (C=O) groups is 1. The lowest BCUT2D eigenvalue weighted by Crippen LogP contribution is -2.14. The highest BCUT2D eigenvalue weighted by molar-refractivity contribution is 7.15. The van der Waals surface area contributed by atoms with E-state index in [2.05, 4.69) is 27.4 Å². The smallest absolute Gasteiger partial charge is 0.231 e. The van der Waals surface area contributed by atoms with Crippen LogP contribution >= 0.6 is 11.3 Å². The summed E-state index contributed by atoms with van der Waals surface area (Å²) in [5.74, 6) is 0.463. The van der Waals surface area contributed by atoms with E-state index in [0.29, 0.717) is 5.82 Å². The lowest BCUT2D eigenvalue weighted by Gasteiger charge is -1.98. The summed E-state index contributed by atoms with van der Waals surface area (Å²) in [6.07, 6.45) is 6.03. The molecule has 0 aliphatic heterocycles. The molecule has 0 aliphatic carbocycles. The van der Waals surface area contributed by atoms with Crippen molar-refractivity contribution in [1.82, 2.24) is 19.6 Å². The summed E-state index contributed by atoms with van der Waals surface area (Å²) in [7, 11) is 0.